The van der Waals surface area contributed by atoms with Gasteiger partial charge in [0.15, 0.2) is 5.78 Å². The Bertz CT molecular complexity index is 1340. The Hall–Kier alpha value is -3.73. The first-order valence-electron chi connectivity index (χ1n) is 11.7. The highest BCUT2D eigenvalue weighted by atomic mass is 16.5. The van der Waals surface area contributed by atoms with Gasteiger partial charge in [0.2, 0.25) is 11.8 Å². The second-order valence-corrected chi connectivity index (χ2v) is 9.44. The minimum Gasteiger partial charge on any atom is -0.495 e. The summed E-state index contributed by atoms with van der Waals surface area (Å²) >= 11 is 0. The molecule has 2 atom stereocenters. The maximum absolute atomic E-state index is 14.2. The molecule has 170 valence electrons. The number of anilines is 1. The molecular weight excluding hydrogens is 426 g/mol. The third-order valence-electron chi connectivity index (χ3n) is 8.18. The van der Waals surface area contributed by atoms with Crippen LogP contribution in [0, 0.1) is 11.8 Å². The topological polar surface area (TPSA) is 63.7 Å². The lowest BCUT2D eigenvalue weighted by atomic mass is 9.46. The van der Waals surface area contributed by atoms with Gasteiger partial charge in [-0.15, -0.1) is 0 Å². The van der Waals surface area contributed by atoms with E-state index in [0.717, 1.165) is 22.3 Å². The first-order chi connectivity index (χ1) is 16.5. The molecule has 0 spiro atoms. The van der Waals surface area contributed by atoms with Crippen LogP contribution in [0.3, 0.4) is 0 Å². The zero-order chi connectivity index (χ0) is 23.8. The van der Waals surface area contributed by atoms with Gasteiger partial charge in [-0.25, -0.2) is 4.90 Å². The van der Waals surface area contributed by atoms with Gasteiger partial charge in [0.1, 0.15) is 5.75 Å². The summed E-state index contributed by atoms with van der Waals surface area (Å²) in [5, 5.41) is 0. The summed E-state index contributed by atoms with van der Waals surface area (Å²) in [7, 11) is 1.51. The maximum Gasteiger partial charge on any atom is 0.239 e. The minimum atomic E-state index is -0.584. The molecule has 4 aliphatic rings. The third-order valence-corrected chi connectivity index (χ3v) is 8.18. The largest absolute Gasteiger partial charge is 0.495 e. The van der Waals surface area contributed by atoms with Crippen LogP contribution in [0.2, 0.25) is 0 Å². The summed E-state index contributed by atoms with van der Waals surface area (Å²) < 4.78 is 5.53. The van der Waals surface area contributed by atoms with Crippen LogP contribution in [0.5, 0.6) is 5.75 Å². The fraction of sp³-hybridized carbons (Fsp3) is 0.276. The zero-order valence-electron chi connectivity index (χ0n) is 19.4. The number of rotatable bonds is 4. The van der Waals surface area contributed by atoms with Gasteiger partial charge in [0.05, 0.1) is 24.6 Å². The van der Waals surface area contributed by atoms with E-state index in [1.165, 1.54) is 18.9 Å². The van der Waals surface area contributed by atoms with Gasteiger partial charge in [-0.05, 0) is 53.8 Å². The molecule has 1 fully saturated rings. The van der Waals surface area contributed by atoms with E-state index in [9.17, 15) is 14.4 Å². The molecule has 1 saturated heterocycles. The van der Waals surface area contributed by atoms with Gasteiger partial charge in [-0.1, -0.05) is 55.5 Å². The highest BCUT2D eigenvalue weighted by Gasteiger charge is 2.67. The average molecular weight is 452 g/mol. The summed E-state index contributed by atoms with van der Waals surface area (Å²) in [6, 6.07) is 21.4. The molecule has 2 amide bonds. The van der Waals surface area contributed by atoms with E-state index in [1.807, 2.05) is 24.3 Å². The third kappa shape index (κ3) is 2.37. The molecule has 1 heterocycles. The van der Waals surface area contributed by atoms with Gasteiger partial charge >= 0.3 is 0 Å². The maximum atomic E-state index is 14.2. The average Bonchev–Trinajstić information content (AvgIpc) is 3.14. The molecule has 3 aromatic carbocycles. The molecular formula is C29H25NO4. The summed E-state index contributed by atoms with van der Waals surface area (Å²) in [4.78, 5) is 41.8. The van der Waals surface area contributed by atoms with Crippen LogP contribution in [0.4, 0.5) is 5.69 Å². The second-order valence-electron chi connectivity index (χ2n) is 9.44. The van der Waals surface area contributed by atoms with Crippen LogP contribution in [-0.2, 0) is 15.0 Å². The van der Waals surface area contributed by atoms with Crippen molar-refractivity contribution in [3.63, 3.8) is 0 Å². The Balaban J connectivity index is 1.62. The number of nitrogens with zero attached hydrogens (tertiary/aromatic N) is 1. The number of ether oxygens (including phenoxy) is 1. The van der Waals surface area contributed by atoms with Crippen molar-refractivity contribution in [2.45, 2.75) is 31.6 Å². The van der Waals surface area contributed by atoms with Crippen LogP contribution in [0.15, 0.2) is 66.7 Å². The molecule has 0 saturated carbocycles. The summed E-state index contributed by atoms with van der Waals surface area (Å²) in [5.74, 6) is -1.36. The van der Waals surface area contributed by atoms with E-state index in [0.29, 0.717) is 23.4 Å². The van der Waals surface area contributed by atoms with E-state index < -0.39 is 17.3 Å². The van der Waals surface area contributed by atoms with Crippen molar-refractivity contribution in [1.29, 1.82) is 0 Å². The van der Waals surface area contributed by atoms with Crippen molar-refractivity contribution >= 4 is 23.3 Å². The van der Waals surface area contributed by atoms with Gasteiger partial charge < -0.3 is 4.74 Å². The number of benzene rings is 3. The van der Waals surface area contributed by atoms with E-state index in [4.69, 9.17) is 4.74 Å². The lowest BCUT2D eigenvalue weighted by Crippen LogP contribution is -2.53. The minimum absolute atomic E-state index is 0.134. The first kappa shape index (κ1) is 20.8. The van der Waals surface area contributed by atoms with Crippen molar-refractivity contribution in [3.8, 4) is 5.75 Å². The lowest BCUT2D eigenvalue weighted by molar-refractivity contribution is -0.123. The number of amides is 2. The molecule has 5 nitrogen and oxygen atoms in total. The normalized spacial score (nSPS) is 26.2. The summed E-state index contributed by atoms with van der Waals surface area (Å²) in [5.41, 5.74) is 4.77. The molecule has 5 heteroatoms. The number of hydrogen-bond donors (Lipinski definition) is 0. The highest BCUT2D eigenvalue weighted by molar-refractivity contribution is 6.24. The predicted octanol–water partition coefficient (Wildman–Crippen LogP) is 4.86. The summed E-state index contributed by atoms with van der Waals surface area (Å²) in [6.45, 7) is 3.58. The molecule has 0 radical (unpaired) electrons. The fourth-order valence-corrected chi connectivity index (χ4v) is 6.85. The number of ketones is 1. The molecule has 7 rings (SSSR count). The lowest BCUT2D eigenvalue weighted by Gasteiger charge is -2.54. The fourth-order valence-electron chi connectivity index (χ4n) is 6.85. The van der Waals surface area contributed by atoms with E-state index in [1.54, 1.807) is 18.2 Å². The number of carbonyl (C=O) groups is 3. The zero-order valence-corrected chi connectivity index (χ0v) is 19.4. The molecule has 2 bridgehead atoms. The van der Waals surface area contributed by atoms with Crippen LogP contribution < -0.4 is 9.64 Å². The van der Waals surface area contributed by atoms with Gasteiger partial charge in [0, 0.05) is 16.9 Å². The summed E-state index contributed by atoms with van der Waals surface area (Å²) in [6.07, 6.45) is 0.701. The molecule has 0 aromatic heterocycles. The number of imide groups is 1. The van der Waals surface area contributed by atoms with Crippen molar-refractivity contribution in [3.05, 3.63) is 94.5 Å². The molecule has 3 aromatic rings. The molecule has 34 heavy (non-hydrogen) atoms. The highest BCUT2D eigenvalue weighted by Crippen LogP contribution is 2.65. The van der Waals surface area contributed by atoms with Crippen LogP contribution in [0.1, 0.15) is 58.8 Å². The SMILES string of the molecule is CCC12c3ccccc3C(c3ccccc31)[C@@H]1C(=O)N(c3cc(C(C)=O)ccc3OC)C(=O)[C@H]12. The number of methoxy groups -OCH3 is 1. The molecule has 3 aliphatic carbocycles. The standard InChI is InChI=1S/C29H25NO4/c1-4-29-20-11-7-5-9-18(20)24(19-10-6-8-12-21(19)29)25-26(29)28(33)30(27(25)32)22-15-17(16(2)31)13-14-23(22)34-3/h5-15,24-26H,4H2,1-3H3/t24?,25-,26-,29?/m0/s1. The molecule has 0 unspecified atom stereocenters. The number of Topliss-reactive ketones (excluding diaryl/α,β-unsaturated/α-hetero) is 1. The van der Waals surface area contributed by atoms with Crippen LogP contribution >= 0.6 is 0 Å². The van der Waals surface area contributed by atoms with Crippen molar-refractivity contribution < 1.29 is 19.1 Å². The molecule has 1 aliphatic heterocycles. The first-order valence-corrected chi connectivity index (χ1v) is 11.7. The van der Waals surface area contributed by atoms with Gasteiger partial charge in [-0.2, -0.15) is 0 Å². The van der Waals surface area contributed by atoms with Crippen LogP contribution in [-0.4, -0.2) is 24.7 Å². The van der Waals surface area contributed by atoms with E-state index in [2.05, 4.69) is 31.2 Å². The van der Waals surface area contributed by atoms with Crippen molar-refractivity contribution in [2.24, 2.45) is 11.8 Å². The predicted molar refractivity (Wildman–Crippen MR) is 128 cm³/mol. The Morgan fingerprint density at radius 1 is 0.941 bits per heavy atom. The smallest absolute Gasteiger partial charge is 0.239 e. The Kier molecular flexibility index (Phi) is 4.37. The Morgan fingerprint density at radius 2 is 1.56 bits per heavy atom. The number of carbonyl (C=O) groups excluding carboxylic acids is 3. The monoisotopic (exact) mass is 451 g/mol. The van der Waals surface area contributed by atoms with Gasteiger partial charge in [-0.3, -0.25) is 14.4 Å². The quantitative estimate of drug-likeness (QED) is 0.420. The molecule has 0 N–H and O–H groups in total. The van der Waals surface area contributed by atoms with Gasteiger partial charge in [0.25, 0.3) is 0 Å². The Morgan fingerprint density at radius 3 is 2.12 bits per heavy atom. The van der Waals surface area contributed by atoms with Crippen molar-refractivity contribution in [1.82, 2.24) is 0 Å². The van der Waals surface area contributed by atoms with E-state index >= 15 is 0 Å². The number of hydrogen-bond acceptors (Lipinski definition) is 4. The van der Waals surface area contributed by atoms with Crippen LogP contribution in [0.25, 0.3) is 0 Å². The van der Waals surface area contributed by atoms with E-state index in [-0.39, 0.29) is 23.5 Å². The Labute approximate surface area is 198 Å². The van der Waals surface area contributed by atoms with Crippen molar-refractivity contribution in [2.75, 3.05) is 12.0 Å². The second kappa shape index (κ2) is 7.13.